The normalized spacial score (nSPS) is 16.2. The van der Waals surface area contributed by atoms with Crippen LogP contribution >= 0.6 is 0 Å². The van der Waals surface area contributed by atoms with E-state index in [1.165, 1.54) is 5.56 Å². The Balaban J connectivity index is 1.56. The van der Waals surface area contributed by atoms with E-state index in [9.17, 15) is 9.90 Å². The smallest absolute Gasteiger partial charge is 0.255 e. The standard InChI is InChI=1S/C31H39N3O3/c1-31(2,3)29(34-20-18-33(19-21-34)26-15-9-11-17-28(26)37-4)25(23-12-6-5-7-13-23)22-32-30(36)24-14-8-10-16-27(24)35/h5-17,25,29,35H,18-22H2,1-4H3,(H,32,36). The van der Waals surface area contributed by atoms with Crippen LogP contribution in [0.5, 0.6) is 11.5 Å². The van der Waals surface area contributed by atoms with Crippen molar-refractivity contribution in [2.24, 2.45) is 5.41 Å². The van der Waals surface area contributed by atoms with Crippen LogP contribution < -0.4 is 15.0 Å². The maximum absolute atomic E-state index is 13.0. The summed E-state index contributed by atoms with van der Waals surface area (Å²) in [6, 6.07) is 25.5. The summed E-state index contributed by atoms with van der Waals surface area (Å²) in [5, 5.41) is 13.3. The zero-order chi connectivity index (χ0) is 26.4. The van der Waals surface area contributed by atoms with Gasteiger partial charge in [-0.05, 0) is 35.2 Å². The number of piperazine rings is 1. The SMILES string of the molecule is COc1ccccc1N1CCN(C(C(CNC(=O)c2ccccc2O)c2ccccc2)C(C)(C)C)CC1. The van der Waals surface area contributed by atoms with Gasteiger partial charge in [-0.3, -0.25) is 9.69 Å². The van der Waals surface area contributed by atoms with Crippen molar-refractivity contribution < 1.29 is 14.6 Å². The summed E-state index contributed by atoms with van der Waals surface area (Å²) in [5.41, 5.74) is 2.60. The molecule has 0 bridgehead atoms. The van der Waals surface area contributed by atoms with E-state index in [-0.39, 0.29) is 29.0 Å². The lowest BCUT2D eigenvalue weighted by Crippen LogP contribution is -2.57. The number of para-hydroxylation sites is 3. The molecule has 2 N–H and O–H groups in total. The van der Waals surface area contributed by atoms with Crippen LogP contribution in [0, 0.1) is 5.41 Å². The highest BCUT2D eigenvalue weighted by atomic mass is 16.5. The Labute approximate surface area is 220 Å². The van der Waals surface area contributed by atoms with E-state index >= 15 is 0 Å². The molecule has 1 amide bonds. The van der Waals surface area contributed by atoms with Gasteiger partial charge >= 0.3 is 0 Å². The predicted octanol–water partition coefficient (Wildman–Crippen LogP) is 5.15. The number of phenols is 1. The molecule has 1 aliphatic rings. The highest BCUT2D eigenvalue weighted by Gasteiger charge is 2.39. The molecule has 0 saturated carbocycles. The summed E-state index contributed by atoms with van der Waals surface area (Å²) in [6.45, 7) is 11.0. The van der Waals surface area contributed by atoms with Crippen LogP contribution in [0.15, 0.2) is 78.9 Å². The topological polar surface area (TPSA) is 65.0 Å². The van der Waals surface area contributed by atoms with Crippen LogP contribution in [0.25, 0.3) is 0 Å². The monoisotopic (exact) mass is 501 g/mol. The van der Waals surface area contributed by atoms with Gasteiger partial charge in [-0.2, -0.15) is 0 Å². The Morgan fingerprint density at radius 3 is 2.19 bits per heavy atom. The van der Waals surface area contributed by atoms with Crippen LogP contribution in [0.1, 0.15) is 42.6 Å². The predicted molar refractivity (Wildman–Crippen MR) is 150 cm³/mol. The Morgan fingerprint density at radius 2 is 1.54 bits per heavy atom. The van der Waals surface area contributed by atoms with E-state index in [1.54, 1.807) is 31.4 Å². The number of carbonyl (C=O) groups is 1. The molecule has 0 aliphatic carbocycles. The number of hydrogen-bond acceptors (Lipinski definition) is 5. The number of carbonyl (C=O) groups excluding carboxylic acids is 1. The molecule has 3 aromatic rings. The second-order valence-corrected chi connectivity index (χ2v) is 10.8. The Morgan fingerprint density at radius 1 is 0.919 bits per heavy atom. The molecule has 1 aliphatic heterocycles. The van der Waals surface area contributed by atoms with E-state index in [4.69, 9.17) is 4.74 Å². The van der Waals surface area contributed by atoms with Gasteiger partial charge in [0.05, 0.1) is 18.4 Å². The van der Waals surface area contributed by atoms with Gasteiger partial charge in [-0.15, -0.1) is 0 Å². The van der Waals surface area contributed by atoms with Crippen molar-refractivity contribution in [1.82, 2.24) is 10.2 Å². The average molecular weight is 502 g/mol. The third kappa shape index (κ3) is 6.25. The first kappa shape index (κ1) is 26.6. The molecular formula is C31H39N3O3. The maximum Gasteiger partial charge on any atom is 0.255 e. The van der Waals surface area contributed by atoms with Crippen LogP contribution in [0.4, 0.5) is 5.69 Å². The van der Waals surface area contributed by atoms with Gasteiger partial charge in [0.1, 0.15) is 11.5 Å². The molecular weight excluding hydrogens is 462 g/mol. The number of nitrogens with zero attached hydrogens (tertiary/aromatic N) is 2. The molecule has 0 radical (unpaired) electrons. The molecule has 1 heterocycles. The first-order chi connectivity index (χ1) is 17.8. The number of amides is 1. The molecule has 3 aromatic carbocycles. The van der Waals surface area contributed by atoms with Gasteiger partial charge in [0, 0.05) is 44.7 Å². The molecule has 2 atom stereocenters. The zero-order valence-electron chi connectivity index (χ0n) is 22.4. The quantitative estimate of drug-likeness (QED) is 0.447. The number of ether oxygens (including phenoxy) is 1. The molecule has 0 aromatic heterocycles. The third-order valence-electron chi connectivity index (χ3n) is 7.26. The van der Waals surface area contributed by atoms with Crippen molar-refractivity contribution in [3.05, 3.63) is 90.0 Å². The van der Waals surface area contributed by atoms with Gasteiger partial charge in [0.25, 0.3) is 5.91 Å². The van der Waals surface area contributed by atoms with Crippen molar-refractivity contribution in [2.45, 2.75) is 32.7 Å². The second-order valence-electron chi connectivity index (χ2n) is 10.8. The Bertz CT molecular complexity index is 1170. The molecule has 2 unspecified atom stereocenters. The van der Waals surface area contributed by atoms with Gasteiger partial charge in [0.15, 0.2) is 0 Å². The fourth-order valence-electron chi connectivity index (χ4n) is 5.61. The van der Waals surface area contributed by atoms with Crippen LogP contribution in [0.3, 0.4) is 0 Å². The summed E-state index contributed by atoms with van der Waals surface area (Å²) in [6.07, 6.45) is 0. The van der Waals surface area contributed by atoms with Crippen LogP contribution in [-0.2, 0) is 0 Å². The van der Waals surface area contributed by atoms with E-state index in [0.717, 1.165) is 37.6 Å². The minimum absolute atomic E-state index is 0.00362. The zero-order valence-corrected chi connectivity index (χ0v) is 22.4. The maximum atomic E-state index is 13.0. The van der Waals surface area contributed by atoms with Crippen molar-refractivity contribution in [2.75, 3.05) is 44.7 Å². The number of benzene rings is 3. The molecule has 1 fully saturated rings. The summed E-state index contributed by atoms with van der Waals surface area (Å²) >= 11 is 0. The summed E-state index contributed by atoms with van der Waals surface area (Å²) < 4.78 is 5.61. The van der Waals surface area contributed by atoms with Crippen LogP contribution in [-0.4, -0.2) is 61.8 Å². The van der Waals surface area contributed by atoms with Gasteiger partial charge in [-0.25, -0.2) is 0 Å². The fourth-order valence-corrected chi connectivity index (χ4v) is 5.61. The summed E-state index contributed by atoms with van der Waals surface area (Å²) in [7, 11) is 1.72. The van der Waals surface area contributed by atoms with E-state index in [0.29, 0.717) is 12.1 Å². The number of phenolic OH excluding ortho intramolecular Hbond substituents is 1. The van der Waals surface area contributed by atoms with Crippen molar-refractivity contribution in [3.8, 4) is 11.5 Å². The molecule has 4 rings (SSSR count). The molecule has 6 heteroatoms. The fraction of sp³-hybridized carbons (Fsp3) is 0.387. The van der Waals surface area contributed by atoms with E-state index in [2.05, 4.69) is 72.3 Å². The van der Waals surface area contributed by atoms with Gasteiger partial charge < -0.3 is 20.1 Å². The Hall–Kier alpha value is -3.51. The number of aromatic hydroxyl groups is 1. The lowest BCUT2D eigenvalue weighted by atomic mass is 9.74. The average Bonchev–Trinajstić information content (AvgIpc) is 2.91. The minimum Gasteiger partial charge on any atom is -0.507 e. The third-order valence-corrected chi connectivity index (χ3v) is 7.26. The number of rotatable bonds is 8. The van der Waals surface area contributed by atoms with E-state index in [1.807, 2.05) is 18.2 Å². The number of nitrogens with one attached hydrogen (secondary N) is 1. The molecule has 1 saturated heterocycles. The van der Waals surface area contributed by atoms with Crippen molar-refractivity contribution >= 4 is 11.6 Å². The number of hydrogen-bond donors (Lipinski definition) is 2. The van der Waals surface area contributed by atoms with E-state index < -0.39 is 0 Å². The summed E-state index contributed by atoms with van der Waals surface area (Å²) in [4.78, 5) is 18.0. The lowest BCUT2D eigenvalue weighted by molar-refractivity contribution is 0.0678. The first-order valence-electron chi connectivity index (χ1n) is 13.0. The van der Waals surface area contributed by atoms with Crippen molar-refractivity contribution in [1.29, 1.82) is 0 Å². The second kappa shape index (κ2) is 11.7. The minimum atomic E-state index is -0.257. The molecule has 0 spiro atoms. The van der Waals surface area contributed by atoms with Gasteiger partial charge in [0.2, 0.25) is 0 Å². The van der Waals surface area contributed by atoms with Crippen molar-refractivity contribution in [3.63, 3.8) is 0 Å². The first-order valence-corrected chi connectivity index (χ1v) is 13.0. The highest BCUT2D eigenvalue weighted by Crippen LogP contribution is 2.37. The number of anilines is 1. The lowest BCUT2D eigenvalue weighted by Gasteiger charge is -2.48. The van der Waals surface area contributed by atoms with Crippen LogP contribution in [0.2, 0.25) is 0 Å². The highest BCUT2D eigenvalue weighted by molar-refractivity contribution is 5.96. The molecule has 6 nitrogen and oxygen atoms in total. The van der Waals surface area contributed by atoms with Gasteiger partial charge in [-0.1, -0.05) is 75.4 Å². The molecule has 196 valence electrons. The Kier molecular flexibility index (Phi) is 8.39. The molecule has 37 heavy (non-hydrogen) atoms. The largest absolute Gasteiger partial charge is 0.507 e. The number of methoxy groups -OCH3 is 1. The summed E-state index contributed by atoms with van der Waals surface area (Å²) in [5.74, 6) is 0.718.